The molecule has 3 atom stereocenters. The van der Waals surface area contributed by atoms with Crippen molar-refractivity contribution in [3.63, 3.8) is 0 Å². The Morgan fingerprint density at radius 1 is 0.360 bits per heavy atom. The van der Waals surface area contributed by atoms with Crippen molar-refractivity contribution in [3.05, 3.63) is 36.5 Å². The van der Waals surface area contributed by atoms with Gasteiger partial charge in [0.1, 0.15) is 0 Å². The average Bonchev–Trinajstić information content (AvgIpc) is 2.90. The summed E-state index contributed by atoms with van der Waals surface area (Å²) in [7, 11) is 0. The van der Waals surface area contributed by atoms with E-state index in [0.29, 0.717) is 10.8 Å². The Labute approximate surface area is 328 Å². The van der Waals surface area contributed by atoms with Gasteiger partial charge >= 0.3 is 0 Å². The van der Waals surface area contributed by atoms with Crippen LogP contribution in [0, 0.1) is 37.9 Å². The van der Waals surface area contributed by atoms with Crippen molar-refractivity contribution in [1.29, 1.82) is 0 Å². The minimum absolute atomic E-state index is 0.00570. The summed E-state index contributed by atoms with van der Waals surface area (Å²) >= 11 is 10.4. The van der Waals surface area contributed by atoms with E-state index in [1.165, 1.54) is 77.0 Å². The monoisotopic (exact) mass is 733 g/mol. The Balaban J connectivity index is 5.72. The van der Waals surface area contributed by atoms with Gasteiger partial charge in [0.2, 0.25) is 0 Å². The molecule has 0 bridgehead atoms. The van der Waals surface area contributed by atoms with Crippen LogP contribution >= 0.6 is 25.3 Å². The first-order chi connectivity index (χ1) is 22.3. The summed E-state index contributed by atoms with van der Waals surface area (Å²) in [4.78, 5) is 0. The van der Waals surface area contributed by atoms with Crippen LogP contribution in [-0.2, 0) is 0 Å². The number of unbranched alkanes of at least 4 members (excludes halogenated alkanes) is 7. The summed E-state index contributed by atoms with van der Waals surface area (Å²) in [5, 5.41) is 0. The summed E-state index contributed by atoms with van der Waals surface area (Å²) in [5.41, 5.74) is 1.27. The van der Waals surface area contributed by atoms with E-state index in [1.54, 1.807) is 0 Å². The van der Waals surface area contributed by atoms with Crippen LogP contribution in [-0.4, -0.2) is 9.49 Å². The van der Waals surface area contributed by atoms with Crippen molar-refractivity contribution >= 4 is 25.3 Å². The molecule has 0 aliphatic carbocycles. The second kappa shape index (κ2) is 20.0. The Kier molecular flexibility index (Phi) is 20.0. The van der Waals surface area contributed by atoms with E-state index in [-0.39, 0.29) is 36.6 Å². The molecule has 0 fully saturated rings. The minimum Gasteiger partial charge on any atom is -0.169 e. The van der Waals surface area contributed by atoms with E-state index in [0.717, 1.165) is 19.3 Å². The van der Waals surface area contributed by atoms with Crippen molar-refractivity contribution in [1.82, 2.24) is 0 Å². The molecule has 50 heavy (non-hydrogen) atoms. The van der Waals surface area contributed by atoms with Gasteiger partial charge in [0, 0.05) is 9.49 Å². The summed E-state index contributed by atoms with van der Waals surface area (Å²) in [6, 6.07) is 0. The minimum atomic E-state index is -0.207. The molecule has 0 amide bonds. The topological polar surface area (TPSA) is 0 Å². The number of hydrogen-bond acceptors (Lipinski definition) is 2. The molecule has 0 radical (unpaired) electrons. The summed E-state index contributed by atoms with van der Waals surface area (Å²) in [6.45, 7) is 43.0. The second-order valence-electron chi connectivity index (χ2n) is 22.4. The van der Waals surface area contributed by atoms with E-state index in [9.17, 15) is 0 Å². The van der Waals surface area contributed by atoms with E-state index < -0.39 is 0 Å². The Morgan fingerprint density at radius 3 is 1.02 bits per heavy atom. The molecule has 0 saturated heterocycles. The summed E-state index contributed by atoms with van der Waals surface area (Å²) in [6.07, 6.45) is 33.9. The summed E-state index contributed by atoms with van der Waals surface area (Å²) < 4.78 is -0.390. The molecule has 0 aromatic carbocycles. The third-order valence-electron chi connectivity index (χ3n) is 11.3. The maximum atomic E-state index is 5.24. The van der Waals surface area contributed by atoms with E-state index in [2.05, 4.69) is 161 Å². The van der Waals surface area contributed by atoms with Gasteiger partial charge in [0.25, 0.3) is 0 Å². The first kappa shape index (κ1) is 49.9. The van der Waals surface area contributed by atoms with Gasteiger partial charge in [-0.15, -0.1) is 0 Å². The molecular weight excluding hydrogens is 641 g/mol. The van der Waals surface area contributed by atoms with E-state index in [4.69, 9.17) is 25.3 Å². The lowest BCUT2D eigenvalue weighted by Gasteiger charge is -2.48. The smallest absolute Gasteiger partial charge is 0.0288 e. The molecule has 0 aliphatic rings. The van der Waals surface area contributed by atoms with Gasteiger partial charge < -0.3 is 0 Å². The molecular formula is C48H92S2. The molecule has 0 rings (SSSR count). The Hall–Kier alpha value is -0.0800. The molecule has 0 aliphatic heterocycles. The lowest BCUT2D eigenvalue weighted by molar-refractivity contribution is 0.0277. The molecule has 0 nitrogen and oxygen atoms in total. The molecule has 0 heterocycles. The SMILES string of the molecule is CCCCCCCC(C)(CCCCCC)C(C)(C)CC(C)(C)/C=C\C(C)(C)CC(C)(S)/C=C\C(C)(C)CC(C)(S)/C=C\C(C)(C)CC(C)(C)C. The number of rotatable bonds is 25. The van der Waals surface area contributed by atoms with Crippen LogP contribution in [0.5, 0.6) is 0 Å². The van der Waals surface area contributed by atoms with Gasteiger partial charge in [-0.2, -0.15) is 25.3 Å². The average molecular weight is 733 g/mol. The lowest BCUT2D eigenvalue weighted by atomic mass is 9.57. The van der Waals surface area contributed by atoms with Crippen molar-refractivity contribution in [2.24, 2.45) is 37.9 Å². The van der Waals surface area contributed by atoms with Crippen molar-refractivity contribution in [3.8, 4) is 0 Å². The zero-order valence-corrected chi connectivity index (χ0v) is 39.3. The first-order valence-electron chi connectivity index (χ1n) is 20.9. The highest BCUT2D eigenvalue weighted by Crippen LogP contribution is 2.53. The van der Waals surface area contributed by atoms with Crippen LogP contribution in [0.15, 0.2) is 36.5 Å². The molecule has 0 N–H and O–H groups in total. The fraction of sp³-hybridized carbons (Fsp3) is 0.875. The molecule has 296 valence electrons. The van der Waals surface area contributed by atoms with Crippen molar-refractivity contribution < 1.29 is 0 Å². The second-order valence-corrected chi connectivity index (χ2v) is 24.4. The summed E-state index contributed by atoms with van der Waals surface area (Å²) in [5.74, 6) is 0. The van der Waals surface area contributed by atoms with Crippen LogP contribution in [0.1, 0.15) is 221 Å². The third kappa shape index (κ3) is 22.2. The molecule has 0 spiro atoms. The quantitative estimate of drug-likeness (QED) is 0.0521. The predicted molar refractivity (Wildman–Crippen MR) is 239 cm³/mol. The molecule has 0 aromatic heterocycles. The van der Waals surface area contributed by atoms with Crippen molar-refractivity contribution in [2.45, 2.75) is 230 Å². The Bertz CT molecular complexity index is 1040. The van der Waals surface area contributed by atoms with Gasteiger partial charge in [-0.3, -0.25) is 0 Å². The number of thiol groups is 2. The van der Waals surface area contributed by atoms with Gasteiger partial charge in [-0.25, -0.2) is 0 Å². The largest absolute Gasteiger partial charge is 0.169 e. The van der Waals surface area contributed by atoms with E-state index in [1.807, 2.05) is 0 Å². The normalized spacial score (nSPS) is 18.2. The first-order valence-corrected chi connectivity index (χ1v) is 21.8. The zero-order valence-electron chi connectivity index (χ0n) is 37.5. The highest BCUT2D eigenvalue weighted by atomic mass is 32.1. The molecule has 0 saturated carbocycles. The highest BCUT2D eigenvalue weighted by Gasteiger charge is 2.42. The van der Waals surface area contributed by atoms with Crippen LogP contribution < -0.4 is 0 Å². The van der Waals surface area contributed by atoms with Gasteiger partial charge in [0.15, 0.2) is 0 Å². The van der Waals surface area contributed by atoms with Crippen LogP contribution in [0.4, 0.5) is 0 Å². The van der Waals surface area contributed by atoms with Gasteiger partial charge in [-0.05, 0) is 90.3 Å². The maximum absolute atomic E-state index is 5.24. The van der Waals surface area contributed by atoms with Crippen LogP contribution in [0.2, 0.25) is 0 Å². The number of allylic oxidation sites excluding steroid dienone is 4. The van der Waals surface area contributed by atoms with E-state index >= 15 is 0 Å². The maximum Gasteiger partial charge on any atom is 0.0288 e. The Morgan fingerprint density at radius 2 is 0.660 bits per heavy atom. The van der Waals surface area contributed by atoms with Crippen molar-refractivity contribution in [2.75, 3.05) is 0 Å². The fourth-order valence-corrected chi connectivity index (χ4v) is 10.0. The highest BCUT2D eigenvalue weighted by molar-refractivity contribution is 7.82. The third-order valence-corrected chi connectivity index (χ3v) is 11.9. The predicted octanol–water partition coefficient (Wildman–Crippen LogP) is 17.1. The van der Waals surface area contributed by atoms with Crippen LogP contribution in [0.3, 0.4) is 0 Å². The standard InChI is InChI=1S/C48H92S2/c1-19-21-23-25-27-29-46(16,28-26-24-22-20-2)45(14,15)37-42(8,9)30-31-43(10,11)38-48(18,50)35-33-44(12,13)39-47(17,49)34-32-41(6,7)36-40(3,4)5/h30-35,49-50H,19-29,36-39H2,1-18H3/b31-30-,34-32-,35-33-. The van der Waals surface area contributed by atoms with Gasteiger partial charge in [-0.1, -0.05) is 205 Å². The zero-order chi connectivity index (χ0) is 39.3. The lowest BCUT2D eigenvalue weighted by Crippen LogP contribution is -2.38. The molecule has 2 heteroatoms. The van der Waals surface area contributed by atoms with Gasteiger partial charge in [0.05, 0.1) is 0 Å². The number of hydrogen-bond donors (Lipinski definition) is 2. The molecule has 0 aromatic rings. The fourth-order valence-electron chi connectivity index (χ4n) is 9.04. The van der Waals surface area contributed by atoms with Crippen LogP contribution in [0.25, 0.3) is 0 Å². The molecule has 3 unspecified atom stereocenters.